The van der Waals surface area contributed by atoms with Crippen LogP contribution in [0.2, 0.25) is 5.02 Å². The summed E-state index contributed by atoms with van der Waals surface area (Å²) in [6.45, 7) is 3.75. The molecule has 2 amide bonds. The van der Waals surface area contributed by atoms with Gasteiger partial charge in [-0.05, 0) is 25.1 Å². The van der Waals surface area contributed by atoms with Gasteiger partial charge in [-0.3, -0.25) is 9.59 Å². The van der Waals surface area contributed by atoms with Crippen LogP contribution >= 0.6 is 24.0 Å². The molecule has 2 N–H and O–H groups in total. The zero-order chi connectivity index (χ0) is 14.7. The molecule has 1 aromatic carbocycles. The highest BCUT2D eigenvalue weighted by atomic mass is 35.5. The molecule has 2 rings (SSSR count). The lowest BCUT2D eigenvalue weighted by molar-refractivity contribution is -0.133. The molecule has 1 saturated heterocycles. The van der Waals surface area contributed by atoms with Gasteiger partial charge < -0.3 is 15.5 Å². The molecule has 116 valence electrons. The lowest BCUT2D eigenvalue weighted by Crippen LogP contribution is -2.53. The lowest BCUT2D eigenvalue weighted by Gasteiger charge is -2.35. The number of benzene rings is 1. The number of hydrogen-bond donors (Lipinski definition) is 1. The second-order valence-electron chi connectivity index (χ2n) is 4.92. The van der Waals surface area contributed by atoms with Gasteiger partial charge in [0.15, 0.2) is 0 Å². The zero-order valence-corrected chi connectivity index (χ0v) is 13.4. The molecule has 1 atom stereocenters. The van der Waals surface area contributed by atoms with E-state index in [1.807, 2.05) is 0 Å². The molecule has 1 aliphatic rings. The molecule has 0 aliphatic carbocycles. The molecule has 1 heterocycles. The standard InChI is InChI=1S/C14H18ClN3O2.ClH/c1-10(16)13(19)17-5-7-18(8-6-17)14(20)11-3-2-4-12(15)9-11;/h2-4,9-10H,5-8,16H2,1H3;1H/t10-;/m1./s1. The van der Waals surface area contributed by atoms with Crippen LogP contribution in [0.1, 0.15) is 17.3 Å². The third-order valence-electron chi connectivity index (χ3n) is 3.34. The number of carbonyl (C=O) groups excluding carboxylic acids is 2. The number of halogens is 2. The van der Waals surface area contributed by atoms with Gasteiger partial charge in [-0.1, -0.05) is 17.7 Å². The summed E-state index contributed by atoms with van der Waals surface area (Å²) in [5.41, 5.74) is 6.16. The van der Waals surface area contributed by atoms with Crippen molar-refractivity contribution in [3.05, 3.63) is 34.9 Å². The maximum absolute atomic E-state index is 12.3. The quantitative estimate of drug-likeness (QED) is 0.890. The fourth-order valence-corrected chi connectivity index (χ4v) is 2.41. The predicted molar refractivity (Wildman–Crippen MR) is 84.8 cm³/mol. The average Bonchev–Trinajstić information content (AvgIpc) is 2.46. The van der Waals surface area contributed by atoms with E-state index in [1.165, 1.54) is 0 Å². The molecule has 1 aliphatic heterocycles. The summed E-state index contributed by atoms with van der Waals surface area (Å²) in [6.07, 6.45) is 0. The van der Waals surface area contributed by atoms with Gasteiger partial charge in [0.2, 0.25) is 5.91 Å². The highest BCUT2D eigenvalue weighted by molar-refractivity contribution is 6.30. The summed E-state index contributed by atoms with van der Waals surface area (Å²) in [4.78, 5) is 27.5. The summed E-state index contributed by atoms with van der Waals surface area (Å²) in [7, 11) is 0. The van der Waals surface area contributed by atoms with Crippen molar-refractivity contribution in [2.45, 2.75) is 13.0 Å². The van der Waals surface area contributed by atoms with Crippen molar-refractivity contribution < 1.29 is 9.59 Å². The summed E-state index contributed by atoms with van der Waals surface area (Å²) in [5.74, 6) is -0.125. The van der Waals surface area contributed by atoms with Crippen LogP contribution in [0.25, 0.3) is 0 Å². The number of nitrogens with two attached hydrogens (primary N) is 1. The second-order valence-corrected chi connectivity index (χ2v) is 5.35. The van der Waals surface area contributed by atoms with Crippen molar-refractivity contribution >= 4 is 35.8 Å². The van der Waals surface area contributed by atoms with Crippen molar-refractivity contribution in [2.75, 3.05) is 26.2 Å². The predicted octanol–water partition coefficient (Wildman–Crippen LogP) is 1.39. The Morgan fingerprint density at radius 2 is 1.76 bits per heavy atom. The van der Waals surface area contributed by atoms with Gasteiger partial charge in [-0.15, -0.1) is 12.4 Å². The van der Waals surface area contributed by atoms with Crippen LogP contribution in [-0.4, -0.2) is 53.8 Å². The maximum atomic E-state index is 12.3. The Bertz CT molecular complexity index is 515. The van der Waals surface area contributed by atoms with Gasteiger partial charge in [-0.25, -0.2) is 0 Å². The van der Waals surface area contributed by atoms with Crippen molar-refractivity contribution in [3.8, 4) is 0 Å². The Morgan fingerprint density at radius 1 is 1.19 bits per heavy atom. The first-order valence-electron chi connectivity index (χ1n) is 6.58. The molecule has 0 spiro atoms. The SMILES string of the molecule is C[C@@H](N)C(=O)N1CCN(C(=O)c2cccc(Cl)c2)CC1.Cl. The van der Waals surface area contributed by atoms with Gasteiger partial charge in [0.1, 0.15) is 0 Å². The molecular formula is C14H19Cl2N3O2. The van der Waals surface area contributed by atoms with Crippen LogP contribution in [0.15, 0.2) is 24.3 Å². The highest BCUT2D eigenvalue weighted by Gasteiger charge is 2.26. The number of hydrogen-bond acceptors (Lipinski definition) is 3. The summed E-state index contributed by atoms with van der Waals surface area (Å²) in [6, 6.07) is 6.39. The van der Waals surface area contributed by atoms with Crippen LogP contribution in [0.3, 0.4) is 0 Å². The molecule has 0 radical (unpaired) electrons. The first-order valence-corrected chi connectivity index (χ1v) is 6.96. The smallest absolute Gasteiger partial charge is 0.254 e. The van der Waals surface area contributed by atoms with Crippen molar-refractivity contribution in [3.63, 3.8) is 0 Å². The fourth-order valence-electron chi connectivity index (χ4n) is 2.22. The van der Waals surface area contributed by atoms with Gasteiger partial charge in [0, 0.05) is 36.8 Å². The van der Waals surface area contributed by atoms with E-state index in [2.05, 4.69) is 0 Å². The van der Waals surface area contributed by atoms with Gasteiger partial charge in [0.25, 0.3) is 5.91 Å². The van der Waals surface area contributed by atoms with Crippen molar-refractivity contribution in [1.82, 2.24) is 9.80 Å². The Labute approximate surface area is 135 Å². The molecule has 0 aromatic heterocycles. The maximum Gasteiger partial charge on any atom is 0.254 e. The molecule has 0 unspecified atom stereocenters. The Morgan fingerprint density at radius 3 is 2.29 bits per heavy atom. The molecule has 21 heavy (non-hydrogen) atoms. The van der Waals surface area contributed by atoms with E-state index in [1.54, 1.807) is 41.0 Å². The van der Waals surface area contributed by atoms with Crippen LogP contribution < -0.4 is 5.73 Å². The molecule has 1 aromatic rings. The molecule has 7 heteroatoms. The monoisotopic (exact) mass is 331 g/mol. The summed E-state index contributed by atoms with van der Waals surface area (Å²) >= 11 is 5.89. The molecule has 5 nitrogen and oxygen atoms in total. The van der Waals surface area contributed by atoms with Gasteiger partial charge in [0.05, 0.1) is 6.04 Å². The third kappa shape index (κ3) is 4.33. The van der Waals surface area contributed by atoms with Crippen LogP contribution in [0.4, 0.5) is 0 Å². The van der Waals surface area contributed by atoms with E-state index >= 15 is 0 Å². The van der Waals surface area contributed by atoms with E-state index in [0.717, 1.165) is 0 Å². The Balaban J connectivity index is 0.00000220. The van der Waals surface area contributed by atoms with E-state index in [9.17, 15) is 9.59 Å². The number of rotatable bonds is 2. The van der Waals surface area contributed by atoms with E-state index < -0.39 is 6.04 Å². The fraction of sp³-hybridized carbons (Fsp3) is 0.429. The third-order valence-corrected chi connectivity index (χ3v) is 3.57. The van der Waals surface area contributed by atoms with E-state index in [-0.39, 0.29) is 24.2 Å². The van der Waals surface area contributed by atoms with Crippen molar-refractivity contribution in [1.29, 1.82) is 0 Å². The average molecular weight is 332 g/mol. The zero-order valence-electron chi connectivity index (χ0n) is 11.8. The van der Waals surface area contributed by atoms with Crippen LogP contribution in [-0.2, 0) is 4.79 Å². The number of amides is 2. The van der Waals surface area contributed by atoms with E-state index in [4.69, 9.17) is 17.3 Å². The first-order chi connectivity index (χ1) is 9.49. The number of nitrogens with zero attached hydrogens (tertiary/aromatic N) is 2. The Hall–Kier alpha value is -1.30. The minimum absolute atomic E-state index is 0. The van der Waals surface area contributed by atoms with E-state index in [0.29, 0.717) is 36.8 Å². The highest BCUT2D eigenvalue weighted by Crippen LogP contribution is 2.14. The number of carbonyl (C=O) groups is 2. The molecule has 0 bridgehead atoms. The van der Waals surface area contributed by atoms with Crippen LogP contribution in [0, 0.1) is 0 Å². The van der Waals surface area contributed by atoms with Gasteiger partial charge in [-0.2, -0.15) is 0 Å². The topological polar surface area (TPSA) is 66.6 Å². The second kappa shape index (κ2) is 7.64. The largest absolute Gasteiger partial charge is 0.338 e. The minimum Gasteiger partial charge on any atom is -0.338 e. The molecular weight excluding hydrogens is 313 g/mol. The molecule has 0 saturated carbocycles. The Kier molecular flexibility index (Phi) is 6.45. The first kappa shape index (κ1) is 17.8. The summed E-state index contributed by atoms with van der Waals surface area (Å²) < 4.78 is 0. The van der Waals surface area contributed by atoms with Crippen LogP contribution in [0.5, 0.6) is 0 Å². The normalized spacial score (nSPS) is 16.1. The number of piperazine rings is 1. The lowest BCUT2D eigenvalue weighted by atomic mass is 10.1. The summed E-state index contributed by atoms with van der Waals surface area (Å²) in [5, 5.41) is 0.543. The molecule has 1 fully saturated rings. The van der Waals surface area contributed by atoms with Crippen molar-refractivity contribution in [2.24, 2.45) is 5.73 Å². The van der Waals surface area contributed by atoms with Gasteiger partial charge >= 0.3 is 0 Å². The minimum atomic E-state index is -0.495.